The van der Waals surface area contributed by atoms with Gasteiger partial charge in [-0.2, -0.15) is 0 Å². The third kappa shape index (κ3) is 3.17. The lowest BCUT2D eigenvalue weighted by Crippen LogP contribution is -2.12. The maximum Gasteiger partial charge on any atom is 0.336 e. The van der Waals surface area contributed by atoms with Crippen LogP contribution in [0.4, 0.5) is 8.78 Å². The van der Waals surface area contributed by atoms with Gasteiger partial charge in [0.25, 0.3) is 0 Å². The largest absolute Gasteiger partial charge is 0.485 e. The third-order valence-corrected chi connectivity index (χ3v) is 3.53. The highest BCUT2D eigenvalue weighted by Crippen LogP contribution is 2.22. The summed E-state index contributed by atoms with van der Waals surface area (Å²) >= 11 is 0. The van der Waals surface area contributed by atoms with Crippen LogP contribution < -0.4 is 10.4 Å². The van der Waals surface area contributed by atoms with Gasteiger partial charge in [-0.25, -0.2) is 13.6 Å². The Bertz CT molecular complexity index is 992. The molecule has 0 N–H and O–H groups in total. The van der Waals surface area contributed by atoms with Crippen LogP contribution in [0.1, 0.15) is 15.9 Å². The number of hydrogen-bond donors (Lipinski definition) is 0. The molecule has 3 aromatic rings. The Hall–Kier alpha value is -3.02. The summed E-state index contributed by atoms with van der Waals surface area (Å²) in [6.07, 6.45) is 0. The van der Waals surface area contributed by atoms with Crippen LogP contribution in [0.3, 0.4) is 0 Å². The highest BCUT2D eigenvalue weighted by molar-refractivity contribution is 5.97. The van der Waals surface area contributed by atoms with E-state index in [2.05, 4.69) is 0 Å². The molecule has 6 heteroatoms. The number of ketones is 1. The van der Waals surface area contributed by atoms with Crippen LogP contribution in [0.25, 0.3) is 11.0 Å². The fraction of sp³-hybridized carbons (Fsp3) is 0.111. The van der Waals surface area contributed by atoms with Crippen molar-refractivity contribution in [2.45, 2.75) is 6.92 Å². The number of Topliss-reactive ketones (excluding diaryl/α,β-unsaturated/α-hetero) is 1. The van der Waals surface area contributed by atoms with E-state index in [1.54, 1.807) is 19.1 Å². The van der Waals surface area contributed by atoms with Crippen molar-refractivity contribution in [3.05, 3.63) is 75.6 Å². The minimum atomic E-state index is -1.09. The number of benzene rings is 2. The summed E-state index contributed by atoms with van der Waals surface area (Å²) in [6.45, 7) is 1.43. The van der Waals surface area contributed by atoms with Gasteiger partial charge in [-0.3, -0.25) is 4.79 Å². The van der Waals surface area contributed by atoms with Gasteiger partial charge >= 0.3 is 5.63 Å². The minimum absolute atomic E-state index is 0.0112. The van der Waals surface area contributed by atoms with Gasteiger partial charge in [-0.1, -0.05) is 0 Å². The summed E-state index contributed by atoms with van der Waals surface area (Å²) in [7, 11) is 0. The highest BCUT2D eigenvalue weighted by atomic mass is 19.2. The number of fused-ring (bicyclic) bond motifs is 1. The Balaban J connectivity index is 1.78. The zero-order valence-electron chi connectivity index (χ0n) is 12.6. The van der Waals surface area contributed by atoms with Crippen LogP contribution >= 0.6 is 0 Å². The molecule has 0 aliphatic rings. The number of aryl methyl sites for hydroxylation is 1. The number of carbonyl (C=O) groups excluding carboxylic acids is 1. The monoisotopic (exact) mass is 330 g/mol. The molecule has 0 saturated heterocycles. The summed E-state index contributed by atoms with van der Waals surface area (Å²) in [4.78, 5) is 23.4. The molecular weight excluding hydrogens is 318 g/mol. The van der Waals surface area contributed by atoms with Gasteiger partial charge in [-0.05, 0) is 42.8 Å². The summed E-state index contributed by atoms with van der Waals surface area (Å²) in [5, 5.41) is 0.758. The molecule has 0 bridgehead atoms. The van der Waals surface area contributed by atoms with Crippen molar-refractivity contribution in [1.29, 1.82) is 0 Å². The van der Waals surface area contributed by atoms with E-state index in [0.717, 1.165) is 23.1 Å². The predicted octanol–water partition coefficient (Wildman–Crippen LogP) is 3.64. The van der Waals surface area contributed by atoms with E-state index in [9.17, 15) is 18.4 Å². The summed E-state index contributed by atoms with van der Waals surface area (Å²) in [5.74, 6) is -2.29. The first kappa shape index (κ1) is 15.9. The van der Waals surface area contributed by atoms with Crippen molar-refractivity contribution < 1.29 is 22.7 Å². The first-order valence-electron chi connectivity index (χ1n) is 7.09. The molecule has 0 fully saturated rings. The van der Waals surface area contributed by atoms with Crippen molar-refractivity contribution in [3.8, 4) is 5.75 Å². The normalized spacial score (nSPS) is 10.8. The van der Waals surface area contributed by atoms with Crippen LogP contribution in [-0.4, -0.2) is 12.4 Å². The van der Waals surface area contributed by atoms with Gasteiger partial charge < -0.3 is 9.15 Å². The van der Waals surface area contributed by atoms with Gasteiger partial charge in [0, 0.05) is 23.1 Å². The Morgan fingerprint density at radius 2 is 1.88 bits per heavy atom. The van der Waals surface area contributed by atoms with E-state index in [1.807, 2.05) is 0 Å². The van der Waals surface area contributed by atoms with Gasteiger partial charge in [0.2, 0.25) is 0 Å². The molecule has 24 heavy (non-hydrogen) atoms. The Kier molecular flexibility index (Phi) is 4.12. The molecule has 0 unspecified atom stereocenters. The number of hydrogen-bond acceptors (Lipinski definition) is 4. The second-order valence-electron chi connectivity index (χ2n) is 5.25. The van der Waals surface area contributed by atoms with Crippen molar-refractivity contribution in [2.24, 2.45) is 0 Å². The Morgan fingerprint density at radius 3 is 2.62 bits per heavy atom. The smallest absolute Gasteiger partial charge is 0.336 e. The lowest BCUT2D eigenvalue weighted by molar-refractivity contribution is 0.0921. The number of halogens is 2. The molecule has 0 atom stereocenters. The molecule has 0 aliphatic carbocycles. The van der Waals surface area contributed by atoms with E-state index in [1.165, 1.54) is 18.2 Å². The molecule has 0 saturated carbocycles. The van der Waals surface area contributed by atoms with E-state index in [-0.39, 0.29) is 12.2 Å². The molecule has 0 amide bonds. The van der Waals surface area contributed by atoms with Gasteiger partial charge in [0.15, 0.2) is 24.0 Å². The quantitative estimate of drug-likeness (QED) is 0.541. The summed E-state index contributed by atoms with van der Waals surface area (Å²) < 4.78 is 36.5. The number of carbonyl (C=O) groups is 1. The average Bonchev–Trinajstić information content (AvgIpc) is 2.54. The zero-order valence-corrected chi connectivity index (χ0v) is 12.6. The summed E-state index contributed by atoms with van der Waals surface area (Å²) in [5.41, 5.74) is 0.649. The van der Waals surface area contributed by atoms with Crippen LogP contribution in [0.15, 0.2) is 51.7 Å². The highest BCUT2D eigenvalue weighted by Gasteiger charge is 2.11. The summed E-state index contributed by atoms with van der Waals surface area (Å²) in [6, 6.07) is 9.13. The molecule has 0 radical (unpaired) electrons. The lowest BCUT2D eigenvalue weighted by Gasteiger charge is -2.07. The molecule has 1 aromatic heterocycles. The van der Waals surface area contributed by atoms with Gasteiger partial charge in [-0.15, -0.1) is 0 Å². The zero-order chi connectivity index (χ0) is 17.3. The fourth-order valence-electron chi connectivity index (χ4n) is 2.30. The average molecular weight is 330 g/mol. The molecule has 3 rings (SSSR count). The lowest BCUT2D eigenvalue weighted by atomic mass is 10.1. The molecule has 1 heterocycles. The van der Waals surface area contributed by atoms with Crippen molar-refractivity contribution in [2.75, 3.05) is 6.61 Å². The molecule has 122 valence electrons. The van der Waals surface area contributed by atoms with Crippen LogP contribution in [0.2, 0.25) is 0 Å². The van der Waals surface area contributed by atoms with Gasteiger partial charge in [0.1, 0.15) is 11.3 Å². The van der Waals surface area contributed by atoms with E-state index >= 15 is 0 Å². The van der Waals surface area contributed by atoms with E-state index in [0.29, 0.717) is 11.3 Å². The van der Waals surface area contributed by atoms with Crippen LogP contribution in [0.5, 0.6) is 5.75 Å². The second-order valence-corrected chi connectivity index (χ2v) is 5.25. The molecule has 0 aliphatic heterocycles. The first-order valence-corrected chi connectivity index (χ1v) is 7.09. The maximum atomic E-state index is 13.1. The van der Waals surface area contributed by atoms with Crippen LogP contribution in [-0.2, 0) is 0 Å². The minimum Gasteiger partial charge on any atom is -0.485 e. The standard InChI is InChI=1S/C18H12F2O4/c1-10-6-18(22)24-17-8-12(3-4-13(10)17)23-9-16(21)11-2-5-14(19)15(20)7-11/h2-8H,9H2,1H3. The SMILES string of the molecule is Cc1cc(=O)oc2cc(OCC(=O)c3ccc(F)c(F)c3)ccc12. The van der Waals surface area contributed by atoms with Crippen LogP contribution in [0, 0.1) is 18.6 Å². The maximum absolute atomic E-state index is 13.1. The van der Waals surface area contributed by atoms with E-state index in [4.69, 9.17) is 9.15 Å². The predicted molar refractivity (Wildman–Crippen MR) is 83.4 cm³/mol. The Morgan fingerprint density at radius 1 is 1.08 bits per heavy atom. The molecule has 2 aromatic carbocycles. The van der Waals surface area contributed by atoms with Crippen molar-refractivity contribution in [3.63, 3.8) is 0 Å². The number of rotatable bonds is 4. The topological polar surface area (TPSA) is 56.5 Å². The van der Waals surface area contributed by atoms with E-state index < -0.39 is 23.0 Å². The van der Waals surface area contributed by atoms with Crippen molar-refractivity contribution in [1.82, 2.24) is 0 Å². The van der Waals surface area contributed by atoms with Gasteiger partial charge in [0.05, 0.1) is 0 Å². The van der Waals surface area contributed by atoms with Crippen molar-refractivity contribution >= 4 is 16.8 Å². The molecule has 0 spiro atoms. The Labute approximate surface area is 135 Å². The molecule has 4 nitrogen and oxygen atoms in total. The first-order chi connectivity index (χ1) is 11.4. The fourth-order valence-corrected chi connectivity index (χ4v) is 2.30. The number of ether oxygens (including phenoxy) is 1. The second kappa shape index (κ2) is 6.23. The third-order valence-electron chi connectivity index (χ3n) is 3.53. The molecular formula is C18H12F2O4.